The minimum atomic E-state index is -2.90. The molecule has 0 aliphatic carbocycles. The Bertz CT molecular complexity index is 823. The molecule has 0 aromatic heterocycles. The zero-order valence-electron chi connectivity index (χ0n) is 14.5. The van der Waals surface area contributed by atoms with E-state index in [1.165, 1.54) is 11.8 Å². The lowest BCUT2D eigenvalue weighted by atomic mass is 9.99. The van der Waals surface area contributed by atoms with Crippen molar-refractivity contribution in [1.29, 1.82) is 0 Å². The standard InChI is InChI=1S/C20H23NO3S2/c22-20(14-25-18-11-12-26(23,24)15-18)21-19(17-9-5-2-6-10-17)13-16-7-3-1-4-8-16/h1-10,18-19H,11-15H2,(H,21,22). The fourth-order valence-electron chi connectivity index (χ4n) is 3.11. The van der Waals surface area contributed by atoms with Gasteiger partial charge in [0, 0.05) is 5.25 Å². The number of carbonyl (C=O) groups is 1. The van der Waals surface area contributed by atoms with Crippen LogP contribution in [0.1, 0.15) is 23.6 Å². The van der Waals surface area contributed by atoms with Gasteiger partial charge in [0.2, 0.25) is 5.91 Å². The lowest BCUT2D eigenvalue weighted by molar-refractivity contribution is -0.119. The third-order valence-corrected chi connectivity index (χ3v) is 7.74. The first-order chi connectivity index (χ1) is 12.5. The second kappa shape index (κ2) is 8.73. The fraction of sp³-hybridized carbons (Fsp3) is 0.350. The summed E-state index contributed by atoms with van der Waals surface area (Å²) in [6.07, 6.45) is 1.37. The Balaban J connectivity index is 1.61. The summed E-state index contributed by atoms with van der Waals surface area (Å²) in [6.45, 7) is 0. The molecule has 1 aliphatic rings. The fourth-order valence-corrected chi connectivity index (χ4v) is 6.56. The number of amides is 1. The molecule has 2 atom stereocenters. The van der Waals surface area contributed by atoms with Gasteiger partial charge in [-0.2, -0.15) is 0 Å². The number of hydrogen-bond acceptors (Lipinski definition) is 4. The van der Waals surface area contributed by atoms with Crippen molar-refractivity contribution in [2.24, 2.45) is 0 Å². The van der Waals surface area contributed by atoms with Crippen molar-refractivity contribution in [2.75, 3.05) is 17.3 Å². The average molecular weight is 390 g/mol. The quantitative estimate of drug-likeness (QED) is 0.791. The van der Waals surface area contributed by atoms with Crippen LogP contribution >= 0.6 is 11.8 Å². The van der Waals surface area contributed by atoms with Gasteiger partial charge in [-0.1, -0.05) is 60.7 Å². The summed E-state index contributed by atoms with van der Waals surface area (Å²) < 4.78 is 23.1. The summed E-state index contributed by atoms with van der Waals surface area (Å²) >= 11 is 1.45. The highest BCUT2D eigenvalue weighted by Gasteiger charge is 2.28. The van der Waals surface area contributed by atoms with Crippen molar-refractivity contribution < 1.29 is 13.2 Å². The van der Waals surface area contributed by atoms with Crippen LogP contribution in [0, 0.1) is 0 Å². The molecular formula is C20H23NO3S2. The van der Waals surface area contributed by atoms with E-state index >= 15 is 0 Å². The molecular weight excluding hydrogens is 366 g/mol. The maximum absolute atomic E-state index is 12.5. The van der Waals surface area contributed by atoms with Crippen LogP contribution in [0.5, 0.6) is 0 Å². The third-order valence-electron chi connectivity index (χ3n) is 4.46. The molecule has 1 amide bonds. The van der Waals surface area contributed by atoms with Crippen LogP contribution in [0.2, 0.25) is 0 Å². The van der Waals surface area contributed by atoms with Crippen LogP contribution in [-0.2, 0) is 21.1 Å². The molecule has 2 aromatic rings. The summed E-state index contributed by atoms with van der Waals surface area (Å²) in [6, 6.07) is 19.9. The monoisotopic (exact) mass is 389 g/mol. The Morgan fingerprint density at radius 2 is 1.73 bits per heavy atom. The smallest absolute Gasteiger partial charge is 0.230 e. The van der Waals surface area contributed by atoms with Gasteiger partial charge in [-0.15, -0.1) is 11.8 Å². The summed E-state index contributed by atoms with van der Waals surface area (Å²) in [7, 11) is -2.90. The Kier molecular flexibility index (Phi) is 6.38. The van der Waals surface area contributed by atoms with Crippen molar-refractivity contribution >= 4 is 27.5 Å². The molecule has 1 N–H and O–H groups in total. The van der Waals surface area contributed by atoms with Gasteiger partial charge >= 0.3 is 0 Å². The summed E-state index contributed by atoms with van der Waals surface area (Å²) in [5, 5.41) is 3.15. The van der Waals surface area contributed by atoms with Gasteiger partial charge in [0.25, 0.3) is 0 Å². The third kappa shape index (κ3) is 5.61. The normalized spacial score (nSPS) is 19.8. The zero-order valence-corrected chi connectivity index (χ0v) is 16.1. The van der Waals surface area contributed by atoms with Gasteiger partial charge in [0.05, 0.1) is 23.3 Å². The number of rotatable bonds is 7. The van der Waals surface area contributed by atoms with E-state index in [-0.39, 0.29) is 34.5 Å². The van der Waals surface area contributed by atoms with Crippen LogP contribution in [0.15, 0.2) is 60.7 Å². The van der Waals surface area contributed by atoms with Crippen molar-refractivity contribution in [3.8, 4) is 0 Å². The van der Waals surface area contributed by atoms with Gasteiger partial charge in [0.15, 0.2) is 9.84 Å². The highest BCUT2D eigenvalue weighted by molar-refractivity contribution is 8.02. The van der Waals surface area contributed by atoms with E-state index in [9.17, 15) is 13.2 Å². The first kappa shape index (κ1) is 19.0. The average Bonchev–Trinajstić information content (AvgIpc) is 3.00. The lowest BCUT2D eigenvalue weighted by Gasteiger charge is -2.20. The van der Waals surface area contributed by atoms with Gasteiger partial charge < -0.3 is 5.32 Å². The predicted octanol–water partition coefficient (Wildman–Crippen LogP) is 3.01. The molecule has 1 saturated heterocycles. The molecule has 4 nitrogen and oxygen atoms in total. The van der Waals surface area contributed by atoms with E-state index in [4.69, 9.17) is 0 Å². The van der Waals surface area contributed by atoms with E-state index in [2.05, 4.69) is 17.4 Å². The van der Waals surface area contributed by atoms with Crippen molar-refractivity contribution in [3.05, 3.63) is 71.8 Å². The summed E-state index contributed by atoms with van der Waals surface area (Å²) in [4.78, 5) is 12.5. The maximum Gasteiger partial charge on any atom is 0.230 e. The number of thioether (sulfide) groups is 1. The van der Waals surface area contributed by atoms with E-state index in [1.54, 1.807) is 0 Å². The Morgan fingerprint density at radius 1 is 1.08 bits per heavy atom. The van der Waals surface area contributed by atoms with Gasteiger partial charge in [0.1, 0.15) is 0 Å². The SMILES string of the molecule is O=C(CSC1CCS(=O)(=O)C1)NC(Cc1ccccc1)c1ccccc1. The Hall–Kier alpha value is -1.79. The number of carbonyl (C=O) groups excluding carboxylic acids is 1. The molecule has 1 fully saturated rings. The van der Waals surface area contributed by atoms with Crippen molar-refractivity contribution in [2.45, 2.75) is 24.1 Å². The number of benzene rings is 2. The minimum Gasteiger partial charge on any atom is -0.348 e. The zero-order chi connectivity index (χ0) is 18.4. The summed E-state index contributed by atoms with van der Waals surface area (Å²) in [5.41, 5.74) is 2.23. The Morgan fingerprint density at radius 3 is 2.35 bits per heavy atom. The van der Waals surface area contributed by atoms with Crippen molar-refractivity contribution in [3.63, 3.8) is 0 Å². The molecule has 3 rings (SSSR count). The molecule has 0 spiro atoms. The molecule has 1 aliphatic heterocycles. The first-order valence-electron chi connectivity index (χ1n) is 8.72. The van der Waals surface area contributed by atoms with E-state index < -0.39 is 9.84 Å². The molecule has 0 bridgehead atoms. The summed E-state index contributed by atoms with van der Waals surface area (Å²) in [5.74, 6) is 0.673. The molecule has 1 heterocycles. The van der Waals surface area contributed by atoms with E-state index in [1.807, 2.05) is 48.5 Å². The molecule has 2 unspecified atom stereocenters. The Labute approximate surface area is 159 Å². The second-order valence-electron chi connectivity index (χ2n) is 6.56. The highest BCUT2D eigenvalue weighted by Crippen LogP contribution is 2.25. The van der Waals surface area contributed by atoms with Gasteiger partial charge in [-0.25, -0.2) is 8.42 Å². The molecule has 2 aromatic carbocycles. The maximum atomic E-state index is 12.5. The largest absolute Gasteiger partial charge is 0.348 e. The van der Waals surface area contributed by atoms with E-state index in [0.717, 1.165) is 17.5 Å². The van der Waals surface area contributed by atoms with Crippen LogP contribution in [-0.4, -0.2) is 36.8 Å². The molecule has 26 heavy (non-hydrogen) atoms. The van der Waals surface area contributed by atoms with Crippen LogP contribution < -0.4 is 5.32 Å². The lowest BCUT2D eigenvalue weighted by Crippen LogP contribution is -2.32. The van der Waals surface area contributed by atoms with Crippen LogP contribution in [0.4, 0.5) is 0 Å². The molecule has 0 radical (unpaired) electrons. The van der Waals surface area contributed by atoms with Crippen molar-refractivity contribution in [1.82, 2.24) is 5.32 Å². The predicted molar refractivity (Wildman–Crippen MR) is 107 cm³/mol. The van der Waals surface area contributed by atoms with Gasteiger partial charge in [-0.05, 0) is 24.0 Å². The van der Waals surface area contributed by atoms with Crippen LogP contribution in [0.25, 0.3) is 0 Å². The molecule has 138 valence electrons. The number of sulfone groups is 1. The molecule has 0 saturated carbocycles. The first-order valence-corrected chi connectivity index (χ1v) is 11.6. The second-order valence-corrected chi connectivity index (χ2v) is 10.1. The van der Waals surface area contributed by atoms with E-state index in [0.29, 0.717) is 6.42 Å². The minimum absolute atomic E-state index is 0.0371. The topological polar surface area (TPSA) is 63.2 Å². The number of hydrogen-bond donors (Lipinski definition) is 1. The van der Waals surface area contributed by atoms with Gasteiger partial charge in [-0.3, -0.25) is 4.79 Å². The highest BCUT2D eigenvalue weighted by atomic mass is 32.2. The van der Waals surface area contributed by atoms with Crippen LogP contribution in [0.3, 0.4) is 0 Å². The number of nitrogens with one attached hydrogen (secondary N) is 1. The molecule has 6 heteroatoms.